The van der Waals surface area contributed by atoms with Gasteiger partial charge < -0.3 is 34.3 Å². The molecule has 0 aromatic carbocycles. The van der Waals surface area contributed by atoms with Gasteiger partial charge in [-0.2, -0.15) is 0 Å². The monoisotopic (exact) mass is 662 g/mol. The van der Waals surface area contributed by atoms with E-state index in [4.69, 9.17) is 24.1 Å². The number of carbonyl (C=O) groups is 5. The highest BCUT2D eigenvalue weighted by atomic mass is 16.6. The molecule has 0 aromatic heterocycles. The van der Waals surface area contributed by atoms with Crippen LogP contribution in [0.5, 0.6) is 0 Å². The molecular weight excluding hydrogens is 624 g/mol. The number of carboxylic acid groups (broad SMARTS) is 1. The lowest BCUT2D eigenvalue weighted by Crippen LogP contribution is -2.49. The van der Waals surface area contributed by atoms with Crippen LogP contribution in [0.3, 0.4) is 0 Å². The summed E-state index contributed by atoms with van der Waals surface area (Å²) in [6.07, 6.45) is -0.0508. The van der Waals surface area contributed by atoms with Crippen LogP contribution in [-0.4, -0.2) is 87.7 Å². The molecule has 254 valence electrons. The van der Waals surface area contributed by atoms with Crippen LogP contribution < -0.4 is 0 Å². The molecule has 12 nitrogen and oxygen atoms in total. The van der Waals surface area contributed by atoms with Crippen LogP contribution in [0.15, 0.2) is 70.9 Å². The molecule has 3 aliphatic rings. The molecule has 7 atom stereocenters. The van der Waals surface area contributed by atoms with Gasteiger partial charge in [-0.05, 0) is 62.8 Å². The number of epoxide rings is 1. The average molecular weight is 663 g/mol. The summed E-state index contributed by atoms with van der Waals surface area (Å²) in [7, 11) is 0. The highest BCUT2D eigenvalue weighted by Gasteiger charge is 2.54. The summed E-state index contributed by atoms with van der Waals surface area (Å²) >= 11 is 0. The molecule has 0 bridgehead atoms. The van der Waals surface area contributed by atoms with Gasteiger partial charge in [-0.25, -0.2) is 9.59 Å². The summed E-state index contributed by atoms with van der Waals surface area (Å²) < 4.78 is 21.1. The van der Waals surface area contributed by atoms with Crippen molar-refractivity contribution in [2.75, 3.05) is 0 Å². The molecule has 1 aliphatic heterocycles. The normalized spacial score (nSPS) is 26.1. The second-order valence-corrected chi connectivity index (χ2v) is 11.4. The highest BCUT2D eigenvalue weighted by molar-refractivity contribution is 6.05. The number of rotatable bonds is 11. The van der Waals surface area contributed by atoms with Gasteiger partial charge in [0.1, 0.15) is 30.5 Å². The number of hydrogen-bond donors (Lipinski definition) is 3. The van der Waals surface area contributed by atoms with Gasteiger partial charge in [0, 0.05) is 30.6 Å². The Balaban J connectivity index is 1.62. The highest BCUT2D eigenvalue weighted by Crippen LogP contribution is 2.38. The van der Waals surface area contributed by atoms with Crippen LogP contribution in [0.25, 0.3) is 0 Å². The largest absolute Gasteiger partial charge is 0.478 e. The molecule has 1 fully saturated rings. The molecule has 0 spiro atoms. The fourth-order valence-electron chi connectivity index (χ4n) is 4.70. The van der Waals surface area contributed by atoms with Crippen LogP contribution in [0, 0.1) is 23.7 Å². The number of hydrogen-bond acceptors (Lipinski definition) is 11. The fourth-order valence-corrected chi connectivity index (χ4v) is 4.70. The topological polar surface area (TPSA) is 186 Å². The van der Waals surface area contributed by atoms with E-state index in [1.165, 1.54) is 32.9 Å². The predicted octanol–water partition coefficient (Wildman–Crippen LogP) is 2.36. The van der Waals surface area contributed by atoms with Crippen molar-refractivity contribution in [3.63, 3.8) is 0 Å². The summed E-state index contributed by atoms with van der Waals surface area (Å²) in [5.74, 6) is 7.10. The lowest BCUT2D eigenvalue weighted by molar-refractivity contribution is -0.168. The standard InChI is InChI=1S/C36H38O12/c1-19(9-7-11-21(3)35(42)43)13-15-25-17-27(45-23(5)37)31(41)33(29(25)39)48-36(44)22(4)12-8-10-20(2)14-16-26-18-28(46-24(6)38)32-34(47-32)30(26)40/h11-12,17-18,27-28,30-34,40-41H,1-2,7-10H2,3-6H3,(H,42,43)/b21-11+,22-12+/t27-,28-,30+,31+,32+,33+,34-/m1/s1. The number of esters is 3. The van der Waals surface area contributed by atoms with Gasteiger partial charge in [0.2, 0.25) is 5.78 Å². The number of carboxylic acids is 1. The van der Waals surface area contributed by atoms with E-state index in [1.54, 1.807) is 12.2 Å². The van der Waals surface area contributed by atoms with E-state index in [0.29, 0.717) is 42.4 Å². The summed E-state index contributed by atoms with van der Waals surface area (Å²) in [5.41, 5.74) is 1.39. The third kappa shape index (κ3) is 10.5. The molecule has 3 N–H and O–H groups in total. The van der Waals surface area contributed by atoms with Crippen molar-refractivity contribution in [1.29, 1.82) is 0 Å². The maximum Gasteiger partial charge on any atom is 0.334 e. The molecule has 1 saturated heterocycles. The zero-order chi connectivity index (χ0) is 35.7. The minimum Gasteiger partial charge on any atom is -0.478 e. The molecule has 0 radical (unpaired) electrons. The Morgan fingerprint density at radius 1 is 0.833 bits per heavy atom. The van der Waals surface area contributed by atoms with Gasteiger partial charge in [0.25, 0.3) is 0 Å². The van der Waals surface area contributed by atoms with Crippen molar-refractivity contribution in [3.8, 4) is 23.7 Å². The van der Waals surface area contributed by atoms with Gasteiger partial charge in [-0.15, -0.1) is 0 Å². The molecule has 2 aliphatic carbocycles. The van der Waals surface area contributed by atoms with Crippen LogP contribution in [-0.2, 0) is 42.9 Å². The Hall–Kier alpha value is -5.01. The summed E-state index contributed by atoms with van der Waals surface area (Å²) in [4.78, 5) is 60.0. The number of carbonyl (C=O) groups excluding carboxylic acids is 4. The molecule has 1 heterocycles. The van der Waals surface area contributed by atoms with E-state index < -0.39 is 72.4 Å². The Morgan fingerprint density at radius 3 is 1.98 bits per heavy atom. The first kappa shape index (κ1) is 37.4. The number of ether oxygens (including phenoxy) is 4. The van der Waals surface area contributed by atoms with Crippen LogP contribution in [0.2, 0.25) is 0 Å². The van der Waals surface area contributed by atoms with Gasteiger partial charge in [-0.3, -0.25) is 14.4 Å². The number of ketones is 1. The third-order valence-corrected chi connectivity index (χ3v) is 7.41. The molecule has 3 rings (SSSR count). The quantitative estimate of drug-likeness (QED) is 0.0966. The number of aliphatic hydroxyl groups is 2. The smallest absolute Gasteiger partial charge is 0.334 e. The summed E-state index contributed by atoms with van der Waals surface area (Å²) in [6.45, 7) is 13.0. The molecule has 0 unspecified atom stereocenters. The van der Waals surface area contributed by atoms with Crippen LogP contribution in [0.4, 0.5) is 0 Å². The van der Waals surface area contributed by atoms with E-state index >= 15 is 0 Å². The first-order valence-electron chi connectivity index (χ1n) is 15.1. The first-order chi connectivity index (χ1) is 22.6. The van der Waals surface area contributed by atoms with Gasteiger partial charge in [0.05, 0.1) is 5.57 Å². The second kappa shape index (κ2) is 16.7. The van der Waals surface area contributed by atoms with Gasteiger partial charge >= 0.3 is 23.9 Å². The first-order valence-corrected chi connectivity index (χ1v) is 15.1. The molecule has 48 heavy (non-hydrogen) atoms. The van der Waals surface area contributed by atoms with Crippen molar-refractivity contribution in [2.24, 2.45) is 0 Å². The minimum atomic E-state index is -1.71. The zero-order valence-corrected chi connectivity index (χ0v) is 27.1. The SMILES string of the molecule is C=C(C#CC1=C[C@@H](OC(C)=O)[C@H](O)[C@@H](OC(=O)/C(C)=C/CCC(=C)C#CC2=C[C@@H](OC(C)=O)[C@@H]3O[C@@H]3[C@H]2O)C1=O)CC/C=C(\C)C(=O)O. The third-order valence-electron chi connectivity index (χ3n) is 7.41. The Labute approximate surface area is 278 Å². The van der Waals surface area contributed by atoms with Crippen molar-refractivity contribution < 1.29 is 58.2 Å². The molecular formula is C36H38O12. The van der Waals surface area contributed by atoms with Gasteiger partial charge in [0.15, 0.2) is 12.2 Å². The Kier molecular flexibility index (Phi) is 13.0. The number of aliphatic carboxylic acids is 1. The summed E-state index contributed by atoms with van der Waals surface area (Å²) in [6, 6.07) is 0. The maximum absolute atomic E-state index is 13.2. The van der Waals surface area contributed by atoms with E-state index in [-0.39, 0.29) is 16.7 Å². The fraction of sp³-hybridized carbons (Fsp3) is 0.417. The Bertz CT molecular complexity index is 1630. The number of Topliss-reactive ketones (excluding diaryl/α,β-unsaturated/α-hetero) is 1. The number of allylic oxidation sites excluding steroid dienone is 4. The Morgan fingerprint density at radius 2 is 1.40 bits per heavy atom. The van der Waals surface area contributed by atoms with E-state index in [9.17, 15) is 34.2 Å². The lowest BCUT2D eigenvalue weighted by atomic mass is 9.90. The van der Waals surface area contributed by atoms with Crippen molar-refractivity contribution >= 4 is 29.7 Å². The van der Waals surface area contributed by atoms with E-state index in [2.05, 4.69) is 36.8 Å². The molecule has 0 amide bonds. The predicted molar refractivity (Wildman–Crippen MR) is 170 cm³/mol. The van der Waals surface area contributed by atoms with Crippen molar-refractivity contribution in [2.45, 2.75) is 96.1 Å². The zero-order valence-electron chi connectivity index (χ0n) is 27.1. The number of aliphatic hydroxyl groups excluding tert-OH is 2. The van der Waals surface area contributed by atoms with E-state index in [0.717, 1.165) is 6.92 Å². The number of fused-ring (bicyclic) bond motifs is 1. The average Bonchev–Trinajstić information content (AvgIpc) is 3.82. The second-order valence-electron chi connectivity index (χ2n) is 11.4. The molecule has 0 aromatic rings. The van der Waals surface area contributed by atoms with Crippen molar-refractivity contribution in [3.05, 3.63) is 70.9 Å². The minimum absolute atomic E-state index is 0.131. The lowest BCUT2D eigenvalue weighted by Gasteiger charge is -2.30. The molecule has 12 heteroatoms. The maximum atomic E-state index is 13.2. The van der Waals surface area contributed by atoms with Crippen LogP contribution >= 0.6 is 0 Å². The van der Waals surface area contributed by atoms with Crippen molar-refractivity contribution in [1.82, 2.24) is 0 Å². The van der Waals surface area contributed by atoms with Gasteiger partial charge in [-0.1, -0.05) is 49.0 Å². The molecule has 0 saturated carbocycles. The van der Waals surface area contributed by atoms with E-state index in [1.807, 2.05) is 0 Å². The summed E-state index contributed by atoms with van der Waals surface area (Å²) in [5, 5.41) is 30.1. The van der Waals surface area contributed by atoms with Crippen LogP contribution in [0.1, 0.15) is 53.4 Å².